The largest absolute Gasteiger partial charge is 0.700 e. The molecule has 6 aromatic carbocycles. The molecule has 220 valence electrons. The molecule has 9 rings (SSSR count). The molecule has 2 fully saturated rings. The summed E-state index contributed by atoms with van der Waals surface area (Å²) in [6.07, 6.45) is 13.2. The zero-order chi connectivity index (χ0) is 29.7. The van der Waals surface area contributed by atoms with Crippen molar-refractivity contribution >= 4 is 43.7 Å². The molecule has 45 heavy (non-hydrogen) atoms. The van der Waals surface area contributed by atoms with Gasteiger partial charge in [-0.25, -0.2) is 0 Å². The first kappa shape index (κ1) is 27.1. The van der Waals surface area contributed by atoms with Crippen LogP contribution in [0.25, 0.3) is 54.6 Å². The number of benzene rings is 6. The molecule has 0 atom stereocenters. The van der Waals surface area contributed by atoms with Crippen molar-refractivity contribution in [2.75, 3.05) is 0 Å². The monoisotopic (exact) mass is 602 g/mol. The molecular weight excluding hydrogens is 565 g/mol. The SMILES string of the molecule is c1cc(-c2c3c(c(-c4cccc5cccc(C6CCCCC6)c45)c4ccccc24)=[N+]=S=[N+]=3)c2c(C3CCCCC3)cccc2c1. The van der Waals surface area contributed by atoms with Gasteiger partial charge in [0.25, 0.3) is 0 Å². The zero-order valence-electron chi connectivity index (χ0n) is 25.8. The average Bonchev–Trinajstić information content (AvgIpc) is 3.60. The summed E-state index contributed by atoms with van der Waals surface area (Å²) in [5, 5.41) is 10.1. The number of hydrogen-bond acceptors (Lipinski definition) is 0. The van der Waals surface area contributed by atoms with Crippen LogP contribution in [-0.4, -0.2) is 0 Å². The Bertz CT molecular complexity index is 2190. The summed E-state index contributed by atoms with van der Waals surface area (Å²) >= 11 is 1.36. The van der Waals surface area contributed by atoms with Crippen molar-refractivity contribution in [2.45, 2.75) is 76.0 Å². The van der Waals surface area contributed by atoms with Gasteiger partial charge in [0.2, 0.25) is 0 Å². The maximum atomic E-state index is 5.10. The van der Waals surface area contributed by atoms with E-state index in [9.17, 15) is 0 Å². The molecule has 1 heterocycles. The van der Waals surface area contributed by atoms with Crippen LogP contribution in [0.2, 0.25) is 0 Å². The Morgan fingerprint density at radius 1 is 0.444 bits per heavy atom. The predicted octanol–water partition coefficient (Wildman–Crippen LogP) is 9.41. The van der Waals surface area contributed by atoms with E-state index in [1.165, 1.54) is 141 Å². The van der Waals surface area contributed by atoms with Gasteiger partial charge >= 0.3 is 22.1 Å². The number of hydrogen-bond donors (Lipinski definition) is 0. The van der Waals surface area contributed by atoms with Gasteiger partial charge < -0.3 is 0 Å². The first-order valence-electron chi connectivity index (χ1n) is 17.1. The average molecular weight is 603 g/mol. The molecular formula is C42H38N2S+2. The van der Waals surface area contributed by atoms with Gasteiger partial charge in [0.15, 0.2) is 0 Å². The molecule has 0 unspecified atom stereocenters. The Labute approximate surface area is 268 Å². The third kappa shape index (κ3) is 4.45. The molecule has 0 N–H and O–H groups in total. The molecule has 0 bridgehead atoms. The van der Waals surface area contributed by atoms with Gasteiger partial charge in [0, 0.05) is 0 Å². The number of nitrogens with zero attached hydrogens (tertiary/aromatic N) is 2. The fourth-order valence-corrected chi connectivity index (χ4v) is 9.46. The van der Waals surface area contributed by atoms with Gasteiger partial charge in [0.1, 0.15) is 0 Å². The van der Waals surface area contributed by atoms with Crippen molar-refractivity contribution < 1.29 is 0 Å². The summed E-state index contributed by atoms with van der Waals surface area (Å²) in [5.41, 5.74) is 8.10. The normalized spacial score (nSPS) is 16.9. The van der Waals surface area contributed by atoms with E-state index in [1.54, 1.807) is 0 Å². The Morgan fingerprint density at radius 2 is 0.867 bits per heavy atom. The van der Waals surface area contributed by atoms with Crippen molar-refractivity contribution in [3.63, 3.8) is 0 Å². The van der Waals surface area contributed by atoms with Gasteiger partial charge in [-0.2, -0.15) is 0 Å². The van der Waals surface area contributed by atoms with E-state index >= 15 is 0 Å². The Kier molecular flexibility index (Phi) is 6.78. The minimum absolute atomic E-state index is 0.618. The van der Waals surface area contributed by atoms with Crippen LogP contribution < -0.4 is 18.8 Å². The second-order valence-corrected chi connectivity index (χ2v) is 14.0. The Hall–Kier alpha value is -4.26. The minimum Gasteiger partial charge on any atom is -0.0616 e. The summed E-state index contributed by atoms with van der Waals surface area (Å²) < 4.78 is 10.2. The first-order chi connectivity index (χ1) is 22.4. The second kappa shape index (κ2) is 11.3. The van der Waals surface area contributed by atoms with Crippen LogP contribution in [0.5, 0.6) is 0 Å². The highest BCUT2D eigenvalue weighted by atomic mass is 32.1. The maximum Gasteiger partial charge on any atom is 0.700 e. The lowest BCUT2D eigenvalue weighted by atomic mass is 9.79. The molecule has 2 nitrogen and oxygen atoms in total. The number of fused-ring (bicyclic) bond motifs is 4. The Balaban J connectivity index is 1.37. The second-order valence-electron chi connectivity index (χ2n) is 13.4. The first-order valence-corrected chi connectivity index (χ1v) is 17.8. The van der Waals surface area contributed by atoms with Crippen LogP contribution in [-0.2, 0) is 11.4 Å². The third-order valence-electron chi connectivity index (χ3n) is 10.9. The quantitative estimate of drug-likeness (QED) is 0.180. The minimum atomic E-state index is 0.618. The molecule has 6 aromatic rings. The lowest BCUT2D eigenvalue weighted by Gasteiger charge is -2.25. The fraction of sp³-hybridized carbons (Fsp3) is 0.286. The van der Waals surface area contributed by atoms with Gasteiger partial charge in [-0.15, -0.1) is 0 Å². The van der Waals surface area contributed by atoms with Gasteiger partial charge in [0.05, 0.1) is 19.2 Å². The highest BCUT2D eigenvalue weighted by Crippen LogP contribution is 2.44. The summed E-state index contributed by atoms with van der Waals surface area (Å²) in [5.74, 6) is 1.24. The zero-order valence-corrected chi connectivity index (χ0v) is 26.6. The predicted molar refractivity (Wildman–Crippen MR) is 191 cm³/mol. The van der Waals surface area contributed by atoms with Crippen molar-refractivity contribution in [2.24, 2.45) is 0 Å². The van der Waals surface area contributed by atoms with Gasteiger partial charge in [-0.1, -0.05) is 136 Å². The lowest BCUT2D eigenvalue weighted by molar-refractivity contribution is 0.445. The van der Waals surface area contributed by atoms with Gasteiger partial charge in [-0.3, -0.25) is 0 Å². The van der Waals surface area contributed by atoms with Crippen molar-refractivity contribution in [3.8, 4) is 22.3 Å². The summed E-state index contributed by atoms with van der Waals surface area (Å²) in [4.78, 5) is 0. The van der Waals surface area contributed by atoms with E-state index in [4.69, 9.17) is 8.08 Å². The van der Waals surface area contributed by atoms with Crippen molar-refractivity contribution in [1.82, 2.24) is 8.08 Å². The molecule has 0 radical (unpaired) electrons. The molecule has 1 aliphatic heterocycles. The molecule has 0 aromatic heterocycles. The molecule has 2 aliphatic carbocycles. The summed E-state index contributed by atoms with van der Waals surface area (Å²) in [6.45, 7) is 0. The summed E-state index contributed by atoms with van der Waals surface area (Å²) in [6, 6.07) is 36.7. The van der Waals surface area contributed by atoms with Crippen LogP contribution >= 0.6 is 0 Å². The van der Waals surface area contributed by atoms with Crippen molar-refractivity contribution in [1.29, 1.82) is 0 Å². The van der Waals surface area contributed by atoms with Crippen LogP contribution in [0, 0.1) is 0 Å². The lowest BCUT2D eigenvalue weighted by Crippen LogP contribution is -2.32. The van der Waals surface area contributed by atoms with Crippen LogP contribution in [0.4, 0.5) is 0 Å². The van der Waals surface area contributed by atoms with E-state index < -0.39 is 0 Å². The molecule has 2 saturated carbocycles. The van der Waals surface area contributed by atoms with E-state index in [0.717, 1.165) is 10.7 Å². The fourth-order valence-electron chi connectivity index (χ4n) is 8.90. The van der Waals surface area contributed by atoms with Gasteiger partial charge in [-0.05, 0) is 92.1 Å². The van der Waals surface area contributed by atoms with E-state index in [-0.39, 0.29) is 0 Å². The molecule has 0 amide bonds. The molecule has 3 aliphatic rings. The van der Waals surface area contributed by atoms with Crippen LogP contribution in [0.15, 0.2) is 97.1 Å². The smallest absolute Gasteiger partial charge is 0.0616 e. The van der Waals surface area contributed by atoms with E-state index in [2.05, 4.69) is 97.1 Å². The molecule has 0 saturated heterocycles. The topological polar surface area (TPSA) is 28.2 Å². The van der Waals surface area contributed by atoms with E-state index in [1.807, 2.05) is 0 Å². The maximum absolute atomic E-state index is 5.10. The van der Waals surface area contributed by atoms with Crippen LogP contribution in [0.1, 0.15) is 87.2 Å². The van der Waals surface area contributed by atoms with Crippen LogP contribution in [0.3, 0.4) is 0 Å². The summed E-state index contributed by atoms with van der Waals surface area (Å²) in [7, 11) is 0. The standard InChI is InChI=1S/C42H38N2S/c1-3-13-27(14-4-1)31-23-9-17-29-19-11-25-35(37(29)31)39-33-21-7-8-22-34(33)40(42-41(39)43-45-44-42)36-26-12-20-30-18-10-24-32(38(30)36)28-15-5-2-6-16-28/h7-12,17-28H,1-6,13-16H2/q+2. The highest BCUT2D eigenvalue weighted by Gasteiger charge is 2.33. The third-order valence-corrected chi connectivity index (χ3v) is 11.5. The molecule has 3 heteroatoms. The number of rotatable bonds is 4. The van der Waals surface area contributed by atoms with E-state index in [0.29, 0.717) is 11.8 Å². The Morgan fingerprint density at radius 3 is 1.31 bits per heavy atom. The molecule has 0 spiro atoms. The van der Waals surface area contributed by atoms with Crippen molar-refractivity contribution in [3.05, 3.63) is 119 Å². The highest BCUT2D eigenvalue weighted by molar-refractivity contribution is 7.55.